The molecule has 0 saturated carbocycles. The summed E-state index contributed by atoms with van der Waals surface area (Å²) in [5.74, 6) is 2.37. The van der Waals surface area contributed by atoms with Gasteiger partial charge in [-0.1, -0.05) is 43.7 Å². The van der Waals surface area contributed by atoms with Crippen LogP contribution in [0.2, 0.25) is 0 Å². The van der Waals surface area contributed by atoms with Gasteiger partial charge in [0.1, 0.15) is 11.6 Å². The van der Waals surface area contributed by atoms with Gasteiger partial charge in [0.2, 0.25) is 5.91 Å². The lowest BCUT2D eigenvalue weighted by Crippen LogP contribution is -2.48. The number of anilines is 1. The molecular formula is C22H30N4O. The molecule has 1 aliphatic heterocycles. The normalized spacial score (nSPS) is 14.7. The lowest BCUT2D eigenvalue weighted by molar-refractivity contribution is -0.129. The molecule has 2 aromatic rings. The first-order valence-electron chi connectivity index (χ1n) is 9.78. The molecule has 5 nitrogen and oxygen atoms in total. The highest BCUT2D eigenvalue weighted by Crippen LogP contribution is 2.27. The van der Waals surface area contributed by atoms with Crippen LogP contribution in [0.25, 0.3) is 0 Å². The molecule has 0 radical (unpaired) electrons. The van der Waals surface area contributed by atoms with Crippen molar-refractivity contribution in [1.29, 1.82) is 0 Å². The quantitative estimate of drug-likeness (QED) is 0.831. The highest BCUT2D eigenvalue weighted by molar-refractivity contribution is 5.73. The van der Waals surface area contributed by atoms with Gasteiger partial charge in [-0.15, -0.1) is 0 Å². The Morgan fingerprint density at radius 2 is 1.81 bits per heavy atom. The highest BCUT2D eigenvalue weighted by Gasteiger charge is 2.24. The molecule has 144 valence electrons. The Morgan fingerprint density at radius 1 is 1.11 bits per heavy atom. The Labute approximate surface area is 162 Å². The van der Waals surface area contributed by atoms with Crippen molar-refractivity contribution in [3.05, 3.63) is 52.5 Å². The average molecular weight is 367 g/mol. The molecule has 1 aliphatic rings. The predicted octanol–water partition coefficient (Wildman–Crippen LogP) is 3.48. The van der Waals surface area contributed by atoms with E-state index in [-0.39, 0.29) is 11.8 Å². The van der Waals surface area contributed by atoms with E-state index in [0.717, 1.165) is 49.9 Å². The molecule has 0 atom stereocenters. The van der Waals surface area contributed by atoms with Gasteiger partial charge in [-0.2, -0.15) is 0 Å². The van der Waals surface area contributed by atoms with Crippen LogP contribution in [-0.2, 0) is 11.2 Å². The number of piperazine rings is 1. The fourth-order valence-corrected chi connectivity index (χ4v) is 3.59. The molecule has 1 amide bonds. The molecular weight excluding hydrogens is 336 g/mol. The van der Waals surface area contributed by atoms with Crippen molar-refractivity contribution in [2.24, 2.45) is 0 Å². The van der Waals surface area contributed by atoms with E-state index >= 15 is 0 Å². The third-order valence-electron chi connectivity index (χ3n) is 5.21. The van der Waals surface area contributed by atoms with Gasteiger partial charge in [-0.3, -0.25) is 4.79 Å². The first-order valence-corrected chi connectivity index (χ1v) is 9.78. The van der Waals surface area contributed by atoms with Gasteiger partial charge in [-0.25, -0.2) is 9.97 Å². The van der Waals surface area contributed by atoms with Gasteiger partial charge in [0.15, 0.2) is 0 Å². The number of aromatic nitrogens is 2. The van der Waals surface area contributed by atoms with Crippen LogP contribution in [0.3, 0.4) is 0 Å². The zero-order chi connectivity index (χ0) is 19.6. The minimum Gasteiger partial charge on any atom is -0.353 e. The molecule has 2 heterocycles. The summed E-state index contributed by atoms with van der Waals surface area (Å²) in [5, 5.41) is 0. The Bertz CT molecular complexity index is 823. The predicted molar refractivity (Wildman–Crippen MR) is 109 cm³/mol. The standard InChI is InChI=1S/C22H30N4O/c1-15(2)21-23-17(4)20(14-19-8-6-7-16(3)13-19)22(24-21)26-11-9-25(10-12-26)18(5)27/h6-8,13,15H,9-12,14H2,1-5H3. The first kappa shape index (κ1) is 19.3. The van der Waals surface area contributed by atoms with Crippen LogP contribution in [0.5, 0.6) is 0 Å². The third kappa shape index (κ3) is 4.46. The number of hydrogen-bond acceptors (Lipinski definition) is 4. The lowest BCUT2D eigenvalue weighted by Gasteiger charge is -2.36. The van der Waals surface area contributed by atoms with Crippen molar-refractivity contribution in [3.8, 4) is 0 Å². The average Bonchev–Trinajstić information content (AvgIpc) is 2.63. The molecule has 1 aromatic heterocycles. The molecule has 0 N–H and O–H groups in total. The summed E-state index contributed by atoms with van der Waals surface area (Å²) in [4.78, 5) is 25.6. The van der Waals surface area contributed by atoms with E-state index in [1.807, 2.05) is 4.90 Å². The second kappa shape index (κ2) is 8.07. The van der Waals surface area contributed by atoms with Crippen molar-refractivity contribution < 1.29 is 4.79 Å². The summed E-state index contributed by atoms with van der Waals surface area (Å²) in [5.41, 5.74) is 4.80. The van der Waals surface area contributed by atoms with E-state index in [1.54, 1.807) is 6.92 Å². The van der Waals surface area contributed by atoms with E-state index in [0.29, 0.717) is 0 Å². The minimum atomic E-state index is 0.149. The van der Waals surface area contributed by atoms with Crippen molar-refractivity contribution in [2.75, 3.05) is 31.1 Å². The summed E-state index contributed by atoms with van der Waals surface area (Å²) >= 11 is 0. The Balaban J connectivity index is 1.95. The highest BCUT2D eigenvalue weighted by atomic mass is 16.2. The van der Waals surface area contributed by atoms with Crippen molar-refractivity contribution in [1.82, 2.24) is 14.9 Å². The molecule has 1 fully saturated rings. The molecule has 3 rings (SSSR count). The van der Waals surface area contributed by atoms with Gasteiger partial charge >= 0.3 is 0 Å². The first-order chi connectivity index (χ1) is 12.8. The summed E-state index contributed by atoms with van der Waals surface area (Å²) in [6.45, 7) is 13.2. The maximum atomic E-state index is 11.7. The van der Waals surface area contributed by atoms with Gasteiger partial charge in [-0.05, 0) is 19.4 Å². The Morgan fingerprint density at radius 3 is 2.41 bits per heavy atom. The number of benzene rings is 1. The van der Waals surface area contributed by atoms with Crippen LogP contribution >= 0.6 is 0 Å². The topological polar surface area (TPSA) is 49.3 Å². The smallest absolute Gasteiger partial charge is 0.219 e. The van der Waals surface area contributed by atoms with Crippen molar-refractivity contribution in [3.63, 3.8) is 0 Å². The molecule has 0 aliphatic carbocycles. The fraction of sp³-hybridized carbons (Fsp3) is 0.500. The zero-order valence-corrected chi connectivity index (χ0v) is 17.1. The largest absolute Gasteiger partial charge is 0.353 e. The summed E-state index contributed by atoms with van der Waals surface area (Å²) in [6, 6.07) is 8.62. The number of rotatable bonds is 4. The molecule has 27 heavy (non-hydrogen) atoms. The van der Waals surface area contributed by atoms with Gasteiger partial charge in [0.05, 0.1) is 0 Å². The molecule has 0 unspecified atom stereocenters. The number of amides is 1. The van der Waals surface area contributed by atoms with Crippen LogP contribution in [0.1, 0.15) is 54.9 Å². The molecule has 0 spiro atoms. The molecule has 0 bridgehead atoms. The van der Waals surface area contributed by atoms with E-state index < -0.39 is 0 Å². The Hall–Kier alpha value is -2.43. The number of carbonyl (C=O) groups is 1. The summed E-state index contributed by atoms with van der Waals surface area (Å²) in [6.07, 6.45) is 0.828. The van der Waals surface area contributed by atoms with Crippen molar-refractivity contribution in [2.45, 2.75) is 47.0 Å². The minimum absolute atomic E-state index is 0.149. The SMILES string of the molecule is CC(=O)N1CCN(c2nc(C(C)C)nc(C)c2Cc2cccc(C)c2)CC1. The van der Waals surface area contributed by atoms with Crippen LogP contribution < -0.4 is 4.90 Å². The second-order valence-electron chi connectivity index (χ2n) is 7.78. The summed E-state index contributed by atoms with van der Waals surface area (Å²) < 4.78 is 0. The molecule has 1 saturated heterocycles. The fourth-order valence-electron chi connectivity index (χ4n) is 3.59. The van der Waals surface area contributed by atoms with E-state index in [1.165, 1.54) is 16.7 Å². The number of carbonyl (C=O) groups excluding carboxylic acids is 1. The zero-order valence-electron chi connectivity index (χ0n) is 17.1. The monoisotopic (exact) mass is 366 g/mol. The Kier molecular flexibility index (Phi) is 5.78. The maximum absolute atomic E-state index is 11.7. The van der Waals surface area contributed by atoms with Gasteiger partial charge in [0.25, 0.3) is 0 Å². The molecule has 5 heteroatoms. The van der Waals surface area contributed by atoms with E-state index in [9.17, 15) is 4.79 Å². The van der Waals surface area contributed by atoms with E-state index in [2.05, 4.69) is 56.9 Å². The van der Waals surface area contributed by atoms with Gasteiger partial charge in [0, 0.05) is 56.7 Å². The number of aryl methyl sites for hydroxylation is 2. The van der Waals surface area contributed by atoms with Crippen LogP contribution in [0.4, 0.5) is 5.82 Å². The van der Waals surface area contributed by atoms with Crippen molar-refractivity contribution >= 4 is 11.7 Å². The van der Waals surface area contributed by atoms with Crippen LogP contribution in [-0.4, -0.2) is 47.0 Å². The van der Waals surface area contributed by atoms with Crippen LogP contribution in [0.15, 0.2) is 24.3 Å². The number of hydrogen-bond donors (Lipinski definition) is 0. The van der Waals surface area contributed by atoms with Crippen LogP contribution in [0, 0.1) is 13.8 Å². The molecule has 1 aromatic carbocycles. The van der Waals surface area contributed by atoms with E-state index in [4.69, 9.17) is 9.97 Å². The van der Waals surface area contributed by atoms with Gasteiger partial charge < -0.3 is 9.80 Å². The maximum Gasteiger partial charge on any atom is 0.219 e. The number of nitrogens with zero attached hydrogens (tertiary/aromatic N) is 4. The summed E-state index contributed by atoms with van der Waals surface area (Å²) in [7, 11) is 0. The lowest BCUT2D eigenvalue weighted by atomic mass is 10.0. The second-order valence-corrected chi connectivity index (χ2v) is 7.78. The third-order valence-corrected chi connectivity index (χ3v) is 5.21.